The summed E-state index contributed by atoms with van der Waals surface area (Å²) >= 11 is 0. The molecule has 5 heteroatoms. The van der Waals surface area contributed by atoms with E-state index in [1.54, 1.807) is 0 Å². The topological polar surface area (TPSA) is 49.9 Å². The second kappa shape index (κ2) is 6.12. The van der Waals surface area contributed by atoms with Gasteiger partial charge >= 0.3 is 5.97 Å². The highest BCUT2D eigenvalue weighted by Gasteiger charge is 2.35. The van der Waals surface area contributed by atoms with Crippen LogP contribution in [0.1, 0.15) is 46.5 Å². The first-order valence-corrected chi connectivity index (χ1v) is 7.61. The minimum atomic E-state index is -0.468. The Hall–Kier alpha value is -1.10. The number of amides is 1. The molecule has 0 saturated carbocycles. The predicted molar refractivity (Wildman–Crippen MR) is 76.3 cm³/mol. The number of ether oxygens (including phenoxy) is 1. The highest BCUT2D eigenvalue weighted by molar-refractivity contribution is 5.81. The normalized spacial score (nSPS) is 24.1. The van der Waals surface area contributed by atoms with Crippen molar-refractivity contribution in [2.75, 3.05) is 26.2 Å². The molecule has 0 aliphatic carbocycles. The van der Waals surface area contributed by atoms with E-state index in [2.05, 4.69) is 0 Å². The van der Waals surface area contributed by atoms with Crippen molar-refractivity contribution in [2.24, 2.45) is 0 Å². The van der Waals surface area contributed by atoms with Gasteiger partial charge in [0.05, 0.1) is 6.54 Å². The number of hydrogen-bond donors (Lipinski definition) is 0. The number of nitrogens with zero attached hydrogens (tertiary/aromatic N) is 2. The molecule has 0 bridgehead atoms. The Kier molecular flexibility index (Phi) is 4.68. The highest BCUT2D eigenvalue weighted by Crippen LogP contribution is 2.21. The molecule has 1 amide bonds. The molecule has 0 radical (unpaired) electrons. The van der Waals surface area contributed by atoms with Gasteiger partial charge in [0.2, 0.25) is 5.91 Å². The summed E-state index contributed by atoms with van der Waals surface area (Å²) in [5, 5.41) is 0. The minimum Gasteiger partial charge on any atom is -0.459 e. The lowest BCUT2D eigenvalue weighted by Crippen LogP contribution is -2.45. The molecule has 0 aromatic carbocycles. The number of esters is 1. The van der Waals surface area contributed by atoms with E-state index in [0.717, 1.165) is 45.3 Å². The average Bonchev–Trinajstić information content (AvgIpc) is 2.96. The van der Waals surface area contributed by atoms with Gasteiger partial charge in [0.15, 0.2) is 0 Å². The van der Waals surface area contributed by atoms with Gasteiger partial charge in [0.25, 0.3) is 0 Å². The van der Waals surface area contributed by atoms with Crippen molar-refractivity contribution in [3.05, 3.63) is 0 Å². The van der Waals surface area contributed by atoms with E-state index in [9.17, 15) is 9.59 Å². The lowest BCUT2D eigenvalue weighted by molar-refractivity contribution is -0.160. The maximum atomic E-state index is 12.2. The third-order valence-electron chi connectivity index (χ3n) is 3.84. The SMILES string of the molecule is CC(C)(C)OC(=O)[C@H]1CCCN1CC(=O)N1CCCC1. The van der Waals surface area contributed by atoms with E-state index in [1.165, 1.54) is 0 Å². The Labute approximate surface area is 121 Å². The second-order valence-corrected chi connectivity index (χ2v) is 6.75. The van der Waals surface area contributed by atoms with E-state index in [-0.39, 0.29) is 17.9 Å². The number of rotatable bonds is 3. The fraction of sp³-hybridized carbons (Fsp3) is 0.867. The van der Waals surface area contributed by atoms with E-state index in [1.807, 2.05) is 30.6 Å². The Morgan fingerprint density at radius 2 is 1.75 bits per heavy atom. The molecule has 2 fully saturated rings. The molecule has 2 heterocycles. The zero-order chi connectivity index (χ0) is 14.8. The molecule has 1 atom stereocenters. The summed E-state index contributed by atoms with van der Waals surface area (Å²) in [6.45, 7) is 8.51. The lowest BCUT2D eigenvalue weighted by atomic mass is 10.1. The van der Waals surface area contributed by atoms with Crippen molar-refractivity contribution in [1.82, 2.24) is 9.80 Å². The molecule has 5 nitrogen and oxygen atoms in total. The molecule has 2 aliphatic rings. The standard InChI is InChI=1S/C15H26N2O3/c1-15(2,3)20-14(19)12-7-6-10-17(12)11-13(18)16-8-4-5-9-16/h12H,4-11H2,1-3H3/t12-/m1/s1. The van der Waals surface area contributed by atoms with Gasteiger partial charge in [-0.2, -0.15) is 0 Å². The third-order valence-corrected chi connectivity index (χ3v) is 3.84. The Morgan fingerprint density at radius 3 is 2.35 bits per heavy atom. The van der Waals surface area contributed by atoms with E-state index < -0.39 is 5.60 Å². The third kappa shape index (κ3) is 3.95. The summed E-state index contributed by atoms with van der Waals surface area (Å²) in [7, 11) is 0. The molecule has 0 unspecified atom stereocenters. The fourth-order valence-corrected chi connectivity index (χ4v) is 2.89. The first kappa shape index (κ1) is 15.3. The first-order chi connectivity index (χ1) is 9.37. The van der Waals surface area contributed by atoms with Crippen molar-refractivity contribution < 1.29 is 14.3 Å². The van der Waals surface area contributed by atoms with Crippen LogP contribution in [0.2, 0.25) is 0 Å². The molecular weight excluding hydrogens is 256 g/mol. The number of likely N-dealkylation sites (tertiary alicyclic amines) is 2. The van der Waals surface area contributed by atoms with Gasteiger partial charge in [0.1, 0.15) is 11.6 Å². The van der Waals surface area contributed by atoms with E-state index in [0.29, 0.717) is 6.54 Å². The average molecular weight is 282 g/mol. The van der Waals surface area contributed by atoms with Crippen LogP contribution in [0.25, 0.3) is 0 Å². The molecule has 20 heavy (non-hydrogen) atoms. The van der Waals surface area contributed by atoms with Crippen LogP contribution in [-0.4, -0.2) is 59.5 Å². The highest BCUT2D eigenvalue weighted by atomic mass is 16.6. The quantitative estimate of drug-likeness (QED) is 0.735. The Morgan fingerprint density at radius 1 is 1.10 bits per heavy atom. The van der Waals surface area contributed by atoms with Crippen molar-refractivity contribution in [2.45, 2.75) is 58.1 Å². The van der Waals surface area contributed by atoms with Crippen LogP contribution < -0.4 is 0 Å². The maximum absolute atomic E-state index is 12.2. The van der Waals surface area contributed by atoms with Crippen molar-refractivity contribution >= 4 is 11.9 Å². The van der Waals surface area contributed by atoms with Crippen LogP contribution in [0.4, 0.5) is 0 Å². The van der Waals surface area contributed by atoms with Gasteiger partial charge in [-0.15, -0.1) is 0 Å². The fourth-order valence-electron chi connectivity index (χ4n) is 2.89. The predicted octanol–water partition coefficient (Wildman–Crippen LogP) is 1.41. The molecule has 0 aromatic rings. The summed E-state index contributed by atoms with van der Waals surface area (Å²) in [6.07, 6.45) is 3.95. The summed E-state index contributed by atoms with van der Waals surface area (Å²) in [6, 6.07) is -0.249. The molecule has 114 valence electrons. The Balaban J connectivity index is 1.90. The van der Waals surface area contributed by atoms with Gasteiger partial charge in [-0.1, -0.05) is 0 Å². The summed E-state index contributed by atoms with van der Waals surface area (Å²) < 4.78 is 5.45. The van der Waals surface area contributed by atoms with Crippen LogP contribution in [-0.2, 0) is 14.3 Å². The smallest absolute Gasteiger partial charge is 0.323 e. The largest absolute Gasteiger partial charge is 0.459 e. The van der Waals surface area contributed by atoms with E-state index >= 15 is 0 Å². The van der Waals surface area contributed by atoms with Crippen molar-refractivity contribution in [3.8, 4) is 0 Å². The van der Waals surface area contributed by atoms with Crippen molar-refractivity contribution in [1.29, 1.82) is 0 Å². The second-order valence-electron chi connectivity index (χ2n) is 6.75. The van der Waals surface area contributed by atoms with Crippen LogP contribution in [0.5, 0.6) is 0 Å². The molecule has 2 aliphatic heterocycles. The van der Waals surface area contributed by atoms with Gasteiger partial charge in [-0.05, 0) is 53.0 Å². The maximum Gasteiger partial charge on any atom is 0.323 e. The van der Waals surface area contributed by atoms with Crippen LogP contribution in [0.15, 0.2) is 0 Å². The molecular formula is C15H26N2O3. The lowest BCUT2D eigenvalue weighted by Gasteiger charge is -2.28. The van der Waals surface area contributed by atoms with Crippen LogP contribution >= 0.6 is 0 Å². The van der Waals surface area contributed by atoms with Gasteiger partial charge in [-0.3, -0.25) is 14.5 Å². The van der Waals surface area contributed by atoms with Crippen LogP contribution in [0.3, 0.4) is 0 Å². The summed E-state index contributed by atoms with van der Waals surface area (Å²) in [5.74, 6) is -0.0396. The molecule has 0 aromatic heterocycles. The van der Waals surface area contributed by atoms with Gasteiger partial charge in [-0.25, -0.2) is 0 Å². The summed E-state index contributed by atoms with van der Waals surface area (Å²) in [5.41, 5.74) is -0.468. The number of carbonyl (C=O) groups is 2. The number of carbonyl (C=O) groups excluding carboxylic acids is 2. The first-order valence-electron chi connectivity index (χ1n) is 7.61. The molecule has 0 N–H and O–H groups in total. The molecule has 2 rings (SSSR count). The molecule has 2 saturated heterocycles. The van der Waals surface area contributed by atoms with Crippen molar-refractivity contribution in [3.63, 3.8) is 0 Å². The number of hydrogen-bond acceptors (Lipinski definition) is 4. The van der Waals surface area contributed by atoms with Gasteiger partial charge < -0.3 is 9.64 Å². The zero-order valence-electron chi connectivity index (χ0n) is 12.9. The Bertz CT molecular complexity index is 370. The zero-order valence-corrected chi connectivity index (χ0v) is 12.9. The van der Waals surface area contributed by atoms with Gasteiger partial charge in [0, 0.05) is 13.1 Å². The monoisotopic (exact) mass is 282 g/mol. The summed E-state index contributed by atoms with van der Waals surface area (Å²) in [4.78, 5) is 28.3. The minimum absolute atomic E-state index is 0.151. The molecule has 0 spiro atoms. The van der Waals surface area contributed by atoms with Crippen LogP contribution in [0, 0.1) is 0 Å². The van der Waals surface area contributed by atoms with E-state index in [4.69, 9.17) is 4.74 Å².